The van der Waals surface area contributed by atoms with Crippen LogP contribution in [0.5, 0.6) is 0 Å². The molecule has 4 nitrogen and oxygen atoms in total. The first-order chi connectivity index (χ1) is 8.40. The summed E-state index contributed by atoms with van der Waals surface area (Å²) < 4.78 is 2.02. The van der Waals surface area contributed by atoms with Crippen LogP contribution in [0, 0.1) is 0 Å². The molecule has 0 spiro atoms. The fraction of sp³-hybridized carbons (Fsp3) is 0.692. The predicted octanol–water partition coefficient (Wildman–Crippen LogP) is 2.19. The monoisotopic (exact) mass is 233 g/mol. The second-order valence-electron chi connectivity index (χ2n) is 5.12. The average Bonchev–Trinajstić information content (AvgIpc) is 2.80. The Bertz CT molecular complexity index is 417. The molecule has 0 radical (unpaired) electrons. The molecule has 1 saturated carbocycles. The van der Waals surface area contributed by atoms with Gasteiger partial charge in [-0.1, -0.05) is 25.7 Å². The summed E-state index contributed by atoms with van der Waals surface area (Å²) in [6.45, 7) is 1.62. The molecular formula is C13H19N3O. The van der Waals surface area contributed by atoms with Crippen molar-refractivity contribution in [1.82, 2.24) is 15.1 Å². The Morgan fingerprint density at radius 3 is 2.65 bits per heavy atom. The highest BCUT2D eigenvalue weighted by atomic mass is 16.1. The number of aldehydes is 1. The molecule has 0 bridgehead atoms. The Hall–Kier alpha value is -1.16. The van der Waals surface area contributed by atoms with Crippen molar-refractivity contribution in [2.45, 2.75) is 57.7 Å². The summed E-state index contributed by atoms with van der Waals surface area (Å²) in [5, 5.41) is 7.90. The van der Waals surface area contributed by atoms with Gasteiger partial charge in [0.25, 0.3) is 0 Å². The van der Waals surface area contributed by atoms with Crippen LogP contribution in [0.2, 0.25) is 0 Å². The number of nitrogens with zero attached hydrogens (tertiary/aromatic N) is 2. The van der Waals surface area contributed by atoms with Crippen molar-refractivity contribution in [3.8, 4) is 0 Å². The zero-order valence-electron chi connectivity index (χ0n) is 10.1. The molecule has 92 valence electrons. The van der Waals surface area contributed by atoms with E-state index >= 15 is 0 Å². The number of aromatic nitrogens is 2. The smallest absolute Gasteiger partial charge is 0.168 e. The van der Waals surface area contributed by atoms with Crippen LogP contribution >= 0.6 is 0 Å². The lowest BCUT2D eigenvalue weighted by atomic mass is 10.1. The van der Waals surface area contributed by atoms with Crippen molar-refractivity contribution >= 4 is 6.29 Å². The highest BCUT2D eigenvalue weighted by Gasteiger charge is 2.25. The van der Waals surface area contributed by atoms with E-state index in [-0.39, 0.29) is 0 Å². The molecule has 1 aromatic heterocycles. The largest absolute Gasteiger partial charge is 0.307 e. The summed E-state index contributed by atoms with van der Waals surface area (Å²) in [5.74, 6) is 0. The molecule has 2 heterocycles. The first-order valence-electron chi connectivity index (χ1n) is 6.66. The average molecular weight is 233 g/mol. The van der Waals surface area contributed by atoms with E-state index in [0.29, 0.717) is 6.04 Å². The quantitative estimate of drug-likeness (QED) is 0.629. The normalized spacial score (nSPS) is 21.2. The van der Waals surface area contributed by atoms with Crippen LogP contribution < -0.4 is 5.32 Å². The third-order valence-corrected chi connectivity index (χ3v) is 4.01. The Balaban J connectivity index is 1.93. The van der Waals surface area contributed by atoms with E-state index in [4.69, 9.17) is 0 Å². The zero-order chi connectivity index (χ0) is 11.7. The van der Waals surface area contributed by atoms with Gasteiger partial charge >= 0.3 is 0 Å². The van der Waals surface area contributed by atoms with E-state index in [0.717, 1.165) is 36.3 Å². The maximum Gasteiger partial charge on any atom is 0.168 e. The Morgan fingerprint density at radius 2 is 1.94 bits per heavy atom. The molecule has 0 aromatic carbocycles. The molecule has 1 aromatic rings. The van der Waals surface area contributed by atoms with Gasteiger partial charge in [-0.2, -0.15) is 5.10 Å². The van der Waals surface area contributed by atoms with Gasteiger partial charge in [0.1, 0.15) is 5.69 Å². The number of rotatable bonds is 2. The second-order valence-corrected chi connectivity index (χ2v) is 5.12. The summed E-state index contributed by atoms with van der Waals surface area (Å²) >= 11 is 0. The molecule has 0 unspecified atom stereocenters. The number of carbonyl (C=O) groups is 1. The molecule has 1 aliphatic heterocycles. The topological polar surface area (TPSA) is 46.9 Å². The Kier molecular flexibility index (Phi) is 2.97. The van der Waals surface area contributed by atoms with E-state index in [1.807, 2.05) is 4.68 Å². The van der Waals surface area contributed by atoms with Crippen LogP contribution in [-0.4, -0.2) is 16.1 Å². The van der Waals surface area contributed by atoms with Crippen LogP contribution in [0.15, 0.2) is 0 Å². The molecule has 2 aliphatic rings. The highest BCUT2D eigenvalue weighted by molar-refractivity contribution is 5.75. The first kappa shape index (κ1) is 11.0. The highest BCUT2D eigenvalue weighted by Crippen LogP contribution is 2.30. The van der Waals surface area contributed by atoms with Gasteiger partial charge in [-0.05, 0) is 12.8 Å². The van der Waals surface area contributed by atoms with E-state index < -0.39 is 0 Å². The molecule has 1 fully saturated rings. The van der Waals surface area contributed by atoms with Crippen molar-refractivity contribution in [2.75, 3.05) is 0 Å². The maximum atomic E-state index is 11.3. The molecule has 0 atom stereocenters. The van der Waals surface area contributed by atoms with Crippen LogP contribution in [0.3, 0.4) is 0 Å². The van der Waals surface area contributed by atoms with E-state index in [1.165, 1.54) is 38.5 Å². The molecule has 0 amide bonds. The number of nitrogens with one attached hydrogen (secondary N) is 1. The van der Waals surface area contributed by atoms with Crippen LogP contribution in [0.25, 0.3) is 0 Å². The Labute approximate surface area is 101 Å². The second kappa shape index (κ2) is 4.61. The van der Waals surface area contributed by atoms with Crippen LogP contribution in [-0.2, 0) is 13.1 Å². The number of carbonyl (C=O) groups excluding carboxylic acids is 1. The minimum Gasteiger partial charge on any atom is -0.307 e. The van der Waals surface area contributed by atoms with Crippen molar-refractivity contribution in [2.24, 2.45) is 0 Å². The molecule has 4 heteroatoms. The standard InChI is InChI=1S/C13H19N3O/c17-9-13-11-7-14-8-12(11)15-16(13)10-5-3-1-2-4-6-10/h9-10,14H,1-8H2. The lowest BCUT2D eigenvalue weighted by molar-refractivity contribution is 0.111. The summed E-state index contributed by atoms with van der Waals surface area (Å²) in [4.78, 5) is 11.3. The zero-order valence-corrected chi connectivity index (χ0v) is 10.1. The summed E-state index contributed by atoms with van der Waals surface area (Å²) in [6.07, 6.45) is 8.54. The third kappa shape index (κ3) is 1.90. The first-order valence-corrected chi connectivity index (χ1v) is 6.66. The van der Waals surface area contributed by atoms with Gasteiger partial charge < -0.3 is 5.32 Å². The SMILES string of the molecule is O=Cc1c2c(nn1C1CCCCCC1)CNC2. The summed E-state index contributed by atoms with van der Waals surface area (Å²) in [7, 11) is 0. The van der Waals surface area contributed by atoms with Crippen LogP contribution in [0.4, 0.5) is 0 Å². The number of fused-ring (bicyclic) bond motifs is 1. The summed E-state index contributed by atoms with van der Waals surface area (Å²) in [5.41, 5.74) is 3.03. The fourth-order valence-electron chi connectivity index (χ4n) is 3.08. The van der Waals surface area contributed by atoms with Crippen molar-refractivity contribution in [1.29, 1.82) is 0 Å². The predicted molar refractivity (Wildman–Crippen MR) is 64.9 cm³/mol. The molecule has 3 rings (SSSR count). The minimum absolute atomic E-state index is 0.447. The lowest BCUT2D eigenvalue weighted by Gasteiger charge is -2.16. The van der Waals surface area contributed by atoms with Crippen molar-refractivity contribution < 1.29 is 4.79 Å². The fourth-order valence-corrected chi connectivity index (χ4v) is 3.08. The van der Waals surface area contributed by atoms with Crippen molar-refractivity contribution in [3.63, 3.8) is 0 Å². The van der Waals surface area contributed by atoms with Gasteiger partial charge in [0, 0.05) is 18.7 Å². The van der Waals surface area contributed by atoms with Gasteiger partial charge in [-0.15, -0.1) is 0 Å². The van der Waals surface area contributed by atoms with Crippen molar-refractivity contribution in [3.05, 3.63) is 17.0 Å². The van der Waals surface area contributed by atoms with Gasteiger partial charge in [-0.25, -0.2) is 0 Å². The lowest BCUT2D eigenvalue weighted by Crippen LogP contribution is -2.16. The van der Waals surface area contributed by atoms with Gasteiger partial charge in [0.15, 0.2) is 6.29 Å². The van der Waals surface area contributed by atoms with Gasteiger partial charge in [-0.3, -0.25) is 9.48 Å². The molecule has 0 saturated heterocycles. The van der Waals surface area contributed by atoms with E-state index in [1.54, 1.807) is 0 Å². The molecule has 17 heavy (non-hydrogen) atoms. The molecule has 1 N–H and O–H groups in total. The summed E-state index contributed by atoms with van der Waals surface area (Å²) in [6, 6.07) is 0.447. The van der Waals surface area contributed by atoms with Gasteiger partial charge in [0.2, 0.25) is 0 Å². The maximum absolute atomic E-state index is 11.3. The molecule has 1 aliphatic carbocycles. The van der Waals surface area contributed by atoms with Gasteiger partial charge in [0.05, 0.1) is 11.7 Å². The minimum atomic E-state index is 0.447. The number of hydrogen-bond donors (Lipinski definition) is 1. The van der Waals surface area contributed by atoms with Crippen LogP contribution in [0.1, 0.15) is 66.3 Å². The molecular weight excluding hydrogens is 214 g/mol. The third-order valence-electron chi connectivity index (χ3n) is 4.01. The van der Waals surface area contributed by atoms with E-state index in [9.17, 15) is 4.79 Å². The number of hydrogen-bond acceptors (Lipinski definition) is 3. The van der Waals surface area contributed by atoms with E-state index in [2.05, 4.69) is 10.4 Å². The Morgan fingerprint density at radius 1 is 1.18 bits per heavy atom.